The summed E-state index contributed by atoms with van der Waals surface area (Å²) in [5.74, 6) is -0.639. The van der Waals surface area contributed by atoms with Gasteiger partial charge in [-0.25, -0.2) is 5.43 Å². The third-order valence-electron chi connectivity index (χ3n) is 3.21. The third kappa shape index (κ3) is 16.2. The maximum atomic E-state index is 11.7. The molecule has 8 heteroatoms. The fraction of sp³-hybridized carbons (Fsp3) is 0.524. The highest BCUT2D eigenvalue weighted by Crippen LogP contribution is 2.07. The number of amides is 1. The van der Waals surface area contributed by atoms with E-state index in [2.05, 4.69) is 17.2 Å². The Morgan fingerprint density at radius 1 is 1.07 bits per heavy atom. The molecule has 0 heterocycles. The summed E-state index contributed by atoms with van der Waals surface area (Å²) in [6.07, 6.45) is 1.07. The summed E-state index contributed by atoms with van der Waals surface area (Å²) in [7, 11) is 1.58. The van der Waals surface area contributed by atoms with Crippen LogP contribution in [0.15, 0.2) is 29.4 Å². The molecular weight excluding hydrogens is 371 g/mol. The molecule has 1 rings (SSSR count). The Balaban J connectivity index is -0.000000781. The van der Waals surface area contributed by atoms with Gasteiger partial charge in [0.25, 0.3) is 5.91 Å². The zero-order valence-electron chi connectivity index (χ0n) is 14.3. The Bertz CT molecular complexity index is 591. The zero-order valence-corrected chi connectivity index (χ0v) is 14.3. The molecule has 0 aliphatic carbocycles. The third-order valence-corrected chi connectivity index (χ3v) is 3.21. The van der Waals surface area contributed by atoms with Gasteiger partial charge in [0.1, 0.15) is 13.2 Å². The van der Waals surface area contributed by atoms with Gasteiger partial charge < -0.3 is 14.3 Å². The molecule has 1 radical (unpaired) electrons. The molecular formula is C21H38BN2O5. The van der Waals surface area contributed by atoms with E-state index in [1.807, 2.05) is 24.3 Å². The van der Waals surface area contributed by atoms with Crippen LogP contribution >= 0.6 is 0 Å². The molecule has 0 bridgehead atoms. The van der Waals surface area contributed by atoms with Crippen LogP contribution in [-0.2, 0) is 36.8 Å². The van der Waals surface area contributed by atoms with Gasteiger partial charge in [-0.05, 0) is 11.9 Å². The second-order valence-electron chi connectivity index (χ2n) is 5.20. The number of carbonyl (C=O) groups is 3. The SMILES string of the molecule is C.C.C.C.C=NNC(=O)COCCC(=O)[B]Cc1ccc(COC(=O)CC)cc1. The lowest BCUT2D eigenvalue weighted by Crippen LogP contribution is -2.23. The average molecular weight is 409 g/mol. The number of nitrogens with zero attached hydrogens (tertiary/aromatic N) is 1. The van der Waals surface area contributed by atoms with Crippen molar-refractivity contribution >= 4 is 31.6 Å². The van der Waals surface area contributed by atoms with Gasteiger partial charge in [0.05, 0.1) is 12.3 Å². The lowest BCUT2D eigenvalue weighted by molar-refractivity contribution is -0.144. The first kappa shape index (κ1) is 34.1. The minimum absolute atomic E-state index is 0. The van der Waals surface area contributed by atoms with Crippen molar-refractivity contribution in [1.29, 1.82) is 0 Å². The molecule has 1 aromatic carbocycles. The molecule has 29 heavy (non-hydrogen) atoms. The summed E-state index contributed by atoms with van der Waals surface area (Å²) in [5, 5.41) is 3.22. The van der Waals surface area contributed by atoms with Gasteiger partial charge in [-0.1, -0.05) is 66.5 Å². The summed E-state index contributed by atoms with van der Waals surface area (Å²) >= 11 is 0. The van der Waals surface area contributed by atoms with Gasteiger partial charge in [-0.2, -0.15) is 5.10 Å². The van der Waals surface area contributed by atoms with Crippen molar-refractivity contribution in [3.63, 3.8) is 0 Å². The molecule has 0 spiro atoms. The van der Waals surface area contributed by atoms with Crippen LogP contribution in [0, 0.1) is 0 Å². The zero-order chi connectivity index (χ0) is 18.5. The Labute approximate surface area is 177 Å². The van der Waals surface area contributed by atoms with E-state index in [0.29, 0.717) is 12.7 Å². The number of hydrazone groups is 1. The normalized spacial score (nSPS) is 8.59. The Morgan fingerprint density at radius 3 is 2.21 bits per heavy atom. The van der Waals surface area contributed by atoms with Gasteiger partial charge in [0.15, 0.2) is 0 Å². The number of esters is 1. The van der Waals surface area contributed by atoms with E-state index in [1.54, 1.807) is 14.2 Å². The number of benzene rings is 1. The van der Waals surface area contributed by atoms with Crippen LogP contribution in [-0.4, -0.2) is 44.8 Å². The number of carbonyl (C=O) groups excluding carboxylic acids is 3. The number of nitrogens with one attached hydrogen (secondary N) is 1. The summed E-state index contributed by atoms with van der Waals surface area (Å²) in [5.41, 5.74) is 3.96. The molecule has 0 aromatic heterocycles. The van der Waals surface area contributed by atoms with E-state index in [-0.39, 0.29) is 67.6 Å². The van der Waals surface area contributed by atoms with Crippen LogP contribution < -0.4 is 5.43 Å². The highest BCUT2D eigenvalue weighted by atomic mass is 16.5. The smallest absolute Gasteiger partial charge is 0.305 e. The van der Waals surface area contributed by atoms with Crippen molar-refractivity contribution in [3.8, 4) is 0 Å². The maximum absolute atomic E-state index is 11.7. The highest BCUT2D eigenvalue weighted by molar-refractivity contribution is 6.73. The lowest BCUT2D eigenvalue weighted by Gasteiger charge is -2.05. The van der Waals surface area contributed by atoms with Crippen LogP contribution in [0.4, 0.5) is 0 Å². The van der Waals surface area contributed by atoms with Crippen molar-refractivity contribution in [2.75, 3.05) is 13.2 Å². The first-order chi connectivity index (χ1) is 12.0. The fourth-order valence-electron chi connectivity index (χ4n) is 1.83. The number of ether oxygens (including phenoxy) is 2. The number of hydrogen-bond donors (Lipinski definition) is 1. The lowest BCUT2D eigenvalue weighted by atomic mass is 9.66. The molecule has 1 amide bonds. The fourth-order valence-corrected chi connectivity index (χ4v) is 1.83. The molecule has 0 aliphatic rings. The first-order valence-electron chi connectivity index (χ1n) is 7.97. The van der Waals surface area contributed by atoms with Crippen LogP contribution in [0.25, 0.3) is 0 Å². The standard InChI is InChI=1S/C17H22BN2O5.4CH4/c1-3-17(23)25-11-14-6-4-13(5-7-14)10-18-15(21)8-9-24-12-16(22)20-19-2;;;;/h4-7H,2-3,8-12H2,1H3,(H,20,22);4*1H4. The molecule has 7 nitrogen and oxygen atoms in total. The van der Waals surface area contributed by atoms with Gasteiger partial charge in [0.2, 0.25) is 7.28 Å². The van der Waals surface area contributed by atoms with Gasteiger partial charge in [-0.3, -0.25) is 9.59 Å². The average Bonchev–Trinajstić information content (AvgIpc) is 2.62. The molecule has 0 aliphatic heterocycles. The van der Waals surface area contributed by atoms with E-state index in [9.17, 15) is 14.4 Å². The topological polar surface area (TPSA) is 94.1 Å². The molecule has 1 aromatic rings. The molecule has 1 N–H and O–H groups in total. The maximum Gasteiger partial charge on any atom is 0.305 e. The second-order valence-corrected chi connectivity index (χ2v) is 5.20. The second kappa shape index (κ2) is 20.3. The van der Waals surface area contributed by atoms with E-state index >= 15 is 0 Å². The van der Waals surface area contributed by atoms with Gasteiger partial charge in [0, 0.05) is 19.6 Å². The van der Waals surface area contributed by atoms with E-state index in [1.165, 1.54) is 0 Å². The van der Waals surface area contributed by atoms with Crippen molar-refractivity contribution in [2.45, 2.75) is 62.4 Å². The summed E-state index contributed by atoms with van der Waals surface area (Å²) in [4.78, 5) is 33.9. The predicted molar refractivity (Wildman–Crippen MR) is 121 cm³/mol. The Morgan fingerprint density at radius 2 is 1.66 bits per heavy atom. The van der Waals surface area contributed by atoms with Gasteiger partial charge in [-0.15, -0.1) is 0 Å². The molecule has 0 atom stereocenters. The van der Waals surface area contributed by atoms with E-state index < -0.39 is 5.91 Å². The molecule has 0 saturated carbocycles. The van der Waals surface area contributed by atoms with Gasteiger partial charge >= 0.3 is 5.97 Å². The summed E-state index contributed by atoms with van der Waals surface area (Å²) < 4.78 is 10.1. The number of hydrogen-bond acceptors (Lipinski definition) is 6. The van der Waals surface area contributed by atoms with E-state index in [4.69, 9.17) is 9.47 Å². The van der Waals surface area contributed by atoms with Crippen molar-refractivity contribution in [1.82, 2.24) is 5.43 Å². The Kier molecular flexibility index (Phi) is 23.8. The largest absolute Gasteiger partial charge is 0.461 e. The minimum atomic E-state index is -0.406. The highest BCUT2D eigenvalue weighted by Gasteiger charge is 2.07. The molecule has 165 valence electrons. The van der Waals surface area contributed by atoms with Crippen LogP contribution in [0.1, 0.15) is 60.6 Å². The monoisotopic (exact) mass is 409 g/mol. The van der Waals surface area contributed by atoms with Crippen molar-refractivity contribution in [2.24, 2.45) is 5.10 Å². The van der Waals surface area contributed by atoms with Crippen LogP contribution in [0.5, 0.6) is 0 Å². The minimum Gasteiger partial charge on any atom is -0.461 e. The predicted octanol–water partition coefficient (Wildman–Crippen LogP) is 3.55. The van der Waals surface area contributed by atoms with E-state index in [0.717, 1.165) is 11.1 Å². The molecule has 0 unspecified atom stereocenters. The van der Waals surface area contributed by atoms with Crippen LogP contribution in [0.3, 0.4) is 0 Å². The van der Waals surface area contributed by atoms with Crippen molar-refractivity contribution < 1.29 is 23.9 Å². The van der Waals surface area contributed by atoms with Crippen molar-refractivity contribution in [3.05, 3.63) is 35.4 Å². The summed E-state index contributed by atoms with van der Waals surface area (Å²) in [6.45, 7) is 5.13. The molecule has 0 saturated heterocycles. The first-order valence-corrected chi connectivity index (χ1v) is 7.97. The molecule has 0 fully saturated rings. The summed E-state index contributed by atoms with van der Waals surface area (Å²) in [6, 6.07) is 7.52. The van der Waals surface area contributed by atoms with Crippen LogP contribution in [0.2, 0.25) is 0 Å². The quantitative estimate of drug-likeness (QED) is 0.187. The Hall–Kier alpha value is -2.48. The number of rotatable bonds is 12.